The molecule has 0 radical (unpaired) electrons. The van der Waals surface area contributed by atoms with Crippen molar-refractivity contribution in [2.45, 2.75) is 19.0 Å². The Morgan fingerprint density at radius 3 is 2.77 bits per heavy atom. The van der Waals surface area contributed by atoms with E-state index in [0.29, 0.717) is 24.5 Å². The van der Waals surface area contributed by atoms with Gasteiger partial charge in [-0.25, -0.2) is 4.98 Å². The lowest BCUT2D eigenvalue weighted by Crippen LogP contribution is -2.33. The maximum Gasteiger partial charge on any atom is 0.253 e. The van der Waals surface area contributed by atoms with Crippen LogP contribution in [-0.2, 0) is 11.3 Å². The highest BCUT2D eigenvalue weighted by Gasteiger charge is 2.31. The van der Waals surface area contributed by atoms with Crippen LogP contribution in [-0.4, -0.2) is 40.8 Å². The second-order valence-electron chi connectivity index (χ2n) is 6.05. The van der Waals surface area contributed by atoms with Gasteiger partial charge in [-0.05, 0) is 24.1 Å². The molecule has 2 N–H and O–H groups in total. The molecule has 1 fully saturated rings. The van der Waals surface area contributed by atoms with Crippen LogP contribution in [0, 0.1) is 12.3 Å². The van der Waals surface area contributed by atoms with Crippen molar-refractivity contribution in [1.82, 2.24) is 15.2 Å². The van der Waals surface area contributed by atoms with Crippen LogP contribution in [0.15, 0.2) is 48.7 Å². The molecule has 6 heteroatoms. The molecule has 1 aromatic carbocycles. The van der Waals surface area contributed by atoms with E-state index >= 15 is 0 Å². The lowest BCUT2D eigenvalue weighted by molar-refractivity contribution is -0.128. The average Bonchev–Trinajstić information content (AvgIpc) is 3.01. The first kappa shape index (κ1) is 17.5. The summed E-state index contributed by atoms with van der Waals surface area (Å²) in [5.74, 6) is 2.71. The molecule has 2 aromatic rings. The number of amides is 2. The minimum Gasteiger partial charge on any atom is -0.358 e. The van der Waals surface area contributed by atoms with Crippen LogP contribution in [0.4, 0.5) is 5.82 Å². The van der Waals surface area contributed by atoms with Crippen LogP contribution < -0.4 is 10.6 Å². The summed E-state index contributed by atoms with van der Waals surface area (Å²) in [5, 5.41) is 5.73. The molecule has 3 rings (SSSR count). The molecule has 2 amide bonds. The van der Waals surface area contributed by atoms with Crippen molar-refractivity contribution in [2.75, 3.05) is 18.4 Å². The number of rotatable bonds is 6. The lowest BCUT2D eigenvalue weighted by Gasteiger charge is -2.17. The molecule has 6 nitrogen and oxygen atoms in total. The van der Waals surface area contributed by atoms with E-state index in [1.54, 1.807) is 12.1 Å². The highest BCUT2D eigenvalue weighted by molar-refractivity contribution is 5.94. The van der Waals surface area contributed by atoms with Gasteiger partial charge in [0.15, 0.2) is 0 Å². The maximum atomic E-state index is 12.6. The van der Waals surface area contributed by atoms with Crippen LogP contribution in [0.1, 0.15) is 22.3 Å². The number of aromatic nitrogens is 1. The molecule has 1 aromatic heterocycles. The number of benzene rings is 1. The fourth-order valence-corrected chi connectivity index (χ4v) is 2.86. The maximum absolute atomic E-state index is 12.6. The van der Waals surface area contributed by atoms with E-state index in [1.807, 2.05) is 35.2 Å². The predicted octanol–water partition coefficient (Wildman–Crippen LogP) is 1.66. The van der Waals surface area contributed by atoms with E-state index in [-0.39, 0.29) is 24.4 Å². The van der Waals surface area contributed by atoms with E-state index < -0.39 is 0 Å². The summed E-state index contributed by atoms with van der Waals surface area (Å²) in [6.07, 6.45) is 7.30. The van der Waals surface area contributed by atoms with Crippen LogP contribution in [0.2, 0.25) is 0 Å². The first-order chi connectivity index (χ1) is 12.7. The summed E-state index contributed by atoms with van der Waals surface area (Å²) >= 11 is 0. The van der Waals surface area contributed by atoms with Crippen molar-refractivity contribution in [3.63, 3.8) is 0 Å². The standard InChI is InChI=1S/C20H20N4O2/c1-2-11-21-19(25)16-8-9-18(22-13-16)23-17-10-12-24(20(17)26)14-15-6-4-3-5-7-15/h1,3-9,13,17H,10-12,14H2,(H,21,25)(H,22,23)/t17-/m1/s1. The van der Waals surface area contributed by atoms with Gasteiger partial charge in [0.05, 0.1) is 12.1 Å². The minimum absolute atomic E-state index is 0.0616. The van der Waals surface area contributed by atoms with Crippen molar-refractivity contribution in [3.8, 4) is 12.3 Å². The van der Waals surface area contributed by atoms with Gasteiger partial charge in [-0.15, -0.1) is 6.42 Å². The molecular formula is C20H20N4O2. The summed E-state index contributed by atoms with van der Waals surface area (Å²) in [6, 6.07) is 13.0. The number of hydrogen-bond donors (Lipinski definition) is 2. The molecule has 0 aliphatic carbocycles. The summed E-state index contributed by atoms with van der Waals surface area (Å²) in [5.41, 5.74) is 1.54. The smallest absolute Gasteiger partial charge is 0.253 e. The third-order valence-electron chi connectivity index (χ3n) is 4.21. The fraction of sp³-hybridized carbons (Fsp3) is 0.250. The van der Waals surface area contributed by atoms with Crippen molar-refractivity contribution in [1.29, 1.82) is 0 Å². The Balaban J connectivity index is 1.57. The number of nitrogens with one attached hydrogen (secondary N) is 2. The van der Waals surface area contributed by atoms with Gasteiger partial charge in [-0.2, -0.15) is 0 Å². The Bertz CT molecular complexity index is 812. The number of carbonyl (C=O) groups excluding carboxylic acids is 2. The number of likely N-dealkylation sites (tertiary alicyclic amines) is 1. The van der Waals surface area contributed by atoms with Crippen LogP contribution in [0.5, 0.6) is 0 Å². The van der Waals surface area contributed by atoms with E-state index in [9.17, 15) is 9.59 Å². The largest absolute Gasteiger partial charge is 0.358 e. The molecular weight excluding hydrogens is 328 g/mol. The van der Waals surface area contributed by atoms with Gasteiger partial charge in [0.25, 0.3) is 5.91 Å². The van der Waals surface area contributed by atoms with Gasteiger partial charge in [0.2, 0.25) is 5.91 Å². The Kier molecular flexibility index (Phi) is 5.49. The highest BCUT2D eigenvalue weighted by Crippen LogP contribution is 2.18. The molecule has 1 aliphatic rings. The number of anilines is 1. The van der Waals surface area contributed by atoms with Gasteiger partial charge in [-0.1, -0.05) is 36.3 Å². The SMILES string of the molecule is C#CCNC(=O)c1ccc(N[C@@H]2CCN(Cc3ccccc3)C2=O)nc1. The molecule has 132 valence electrons. The van der Waals surface area contributed by atoms with Gasteiger partial charge in [0, 0.05) is 19.3 Å². The van der Waals surface area contributed by atoms with Gasteiger partial charge in [0.1, 0.15) is 11.9 Å². The average molecular weight is 348 g/mol. The second kappa shape index (κ2) is 8.17. The topological polar surface area (TPSA) is 74.3 Å². The summed E-state index contributed by atoms with van der Waals surface area (Å²) in [6.45, 7) is 1.49. The van der Waals surface area contributed by atoms with Crippen LogP contribution >= 0.6 is 0 Å². The zero-order valence-electron chi connectivity index (χ0n) is 14.3. The molecule has 0 saturated carbocycles. The molecule has 0 spiro atoms. The third-order valence-corrected chi connectivity index (χ3v) is 4.21. The Labute approximate surface area is 152 Å². The molecule has 1 aliphatic heterocycles. The highest BCUT2D eigenvalue weighted by atomic mass is 16.2. The van der Waals surface area contributed by atoms with Crippen LogP contribution in [0.25, 0.3) is 0 Å². The van der Waals surface area contributed by atoms with E-state index in [1.165, 1.54) is 6.20 Å². The molecule has 1 saturated heterocycles. The zero-order chi connectivity index (χ0) is 18.4. The van der Waals surface area contributed by atoms with Crippen molar-refractivity contribution >= 4 is 17.6 Å². The van der Waals surface area contributed by atoms with Gasteiger partial charge >= 0.3 is 0 Å². The van der Waals surface area contributed by atoms with Gasteiger partial charge in [-0.3, -0.25) is 9.59 Å². The number of hydrogen-bond acceptors (Lipinski definition) is 4. The van der Waals surface area contributed by atoms with E-state index in [0.717, 1.165) is 12.0 Å². The number of carbonyl (C=O) groups is 2. The monoisotopic (exact) mass is 348 g/mol. The number of pyridine rings is 1. The Morgan fingerprint density at radius 2 is 2.08 bits per heavy atom. The van der Waals surface area contributed by atoms with Crippen molar-refractivity contribution in [3.05, 3.63) is 59.8 Å². The number of terminal acetylenes is 1. The molecule has 1 atom stereocenters. The Hall–Kier alpha value is -3.33. The third kappa shape index (κ3) is 4.19. The second-order valence-corrected chi connectivity index (χ2v) is 6.05. The van der Waals surface area contributed by atoms with E-state index in [2.05, 4.69) is 21.5 Å². The first-order valence-corrected chi connectivity index (χ1v) is 8.44. The molecule has 0 bridgehead atoms. The Morgan fingerprint density at radius 1 is 1.27 bits per heavy atom. The van der Waals surface area contributed by atoms with Gasteiger partial charge < -0.3 is 15.5 Å². The van der Waals surface area contributed by atoms with Crippen molar-refractivity contribution < 1.29 is 9.59 Å². The first-order valence-electron chi connectivity index (χ1n) is 8.44. The van der Waals surface area contributed by atoms with Crippen LogP contribution in [0.3, 0.4) is 0 Å². The molecule has 2 heterocycles. The fourth-order valence-electron chi connectivity index (χ4n) is 2.86. The summed E-state index contributed by atoms with van der Waals surface area (Å²) < 4.78 is 0. The molecule has 26 heavy (non-hydrogen) atoms. The molecule has 0 unspecified atom stereocenters. The lowest BCUT2D eigenvalue weighted by atomic mass is 10.2. The summed E-state index contributed by atoms with van der Waals surface area (Å²) in [7, 11) is 0. The quantitative estimate of drug-likeness (QED) is 0.779. The predicted molar refractivity (Wildman–Crippen MR) is 99.3 cm³/mol. The normalized spacial score (nSPS) is 16.2. The number of nitrogens with zero attached hydrogens (tertiary/aromatic N) is 2. The zero-order valence-corrected chi connectivity index (χ0v) is 14.3. The minimum atomic E-state index is -0.299. The van der Waals surface area contributed by atoms with Crippen molar-refractivity contribution in [2.24, 2.45) is 0 Å². The van der Waals surface area contributed by atoms with E-state index in [4.69, 9.17) is 6.42 Å². The summed E-state index contributed by atoms with van der Waals surface area (Å²) in [4.78, 5) is 30.4.